The Morgan fingerprint density at radius 1 is 1.55 bits per heavy atom. The third kappa shape index (κ3) is 1.12. The summed E-state index contributed by atoms with van der Waals surface area (Å²) in [7, 11) is 0. The van der Waals surface area contributed by atoms with E-state index in [4.69, 9.17) is 17.3 Å². The zero-order valence-corrected chi connectivity index (χ0v) is 5.82. The van der Waals surface area contributed by atoms with Gasteiger partial charge in [-0.1, -0.05) is 11.6 Å². The van der Waals surface area contributed by atoms with Crippen LogP contribution in [-0.4, -0.2) is 11.8 Å². The van der Waals surface area contributed by atoms with Gasteiger partial charge in [-0.05, 0) is 0 Å². The minimum absolute atomic E-state index is 0.620. The number of nitrogens with zero attached hydrogens (tertiary/aromatic N) is 2. The molecule has 0 bridgehead atoms. The van der Waals surface area contributed by atoms with Gasteiger partial charge in [-0.2, -0.15) is 23.4 Å². The fourth-order valence-corrected chi connectivity index (χ4v) is 0.697. The van der Waals surface area contributed by atoms with E-state index in [1.54, 1.807) is 0 Å². The van der Waals surface area contributed by atoms with Gasteiger partial charge >= 0.3 is 6.18 Å². The standard InChI is InChI=1S/C4H3ClF3N3/c5-2-1-10-11-3(2,9)4(6,7)8/h1H,9H2. The SMILES string of the molecule is NC1(C(F)(F)F)N=NC=C1Cl. The number of azo groups is 1. The van der Waals surface area contributed by atoms with Gasteiger partial charge in [0.05, 0.1) is 11.2 Å². The van der Waals surface area contributed by atoms with E-state index >= 15 is 0 Å². The molecule has 11 heavy (non-hydrogen) atoms. The zero-order valence-electron chi connectivity index (χ0n) is 5.06. The second-order valence-electron chi connectivity index (χ2n) is 1.96. The Labute approximate surface area is 64.7 Å². The van der Waals surface area contributed by atoms with E-state index in [0.29, 0.717) is 0 Å². The molecular formula is C4H3ClF3N3. The smallest absolute Gasteiger partial charge is 0.293 e. The van der Waals surface area contributed by atoms with Crippen molar-refractivity contribution in [3.8, 4) is 0 Å². The number of hydrogen-bond acceptors (Lipinski definition) is 3. The van der Waals surface area contributed by atoms with E-state index in [-0.39, 0.29) is 0 Å². The van der Waals surface area contributed by atoms with Crippen molar-refractivity contribution in [2.45, 2.75) is 11.8 Å². The molecule has 0 saturated carbocycles. The molecule has 0 aromatic carbocycles. The highest BCUT2D eigenvalue weighted by atomic mass is 35.5. The summed E-state index contributed by atoms with van der Waals surface area (Å²) in [5, 5.41) is 5.12. The fraction of sp³-hybridized carbons (Fsp3) is 0.500. The first-order valence-electron chi connectivity index (χ1n) is 2.52. The van der Waals surface area contributed by atoms with Crippen LogP contribution in [0.3, 0.4) is 0 Å². The lowest BCUT2D eigenvalue weighted by Crippen LogP contribution is -2.50. The molecule has 1 heterocycles. The molecule has 3 nitrogen and oxygen atoms in total. The first-order valence-corrected chi connectivity index (χ1v) is 2.89. The molecule has 0 radical (unpaired) electrons. The molecule has 62 valence electrons. The van der Waals surface area contributed by atoms with Crippen molar-refractivity contribution in [1.82, 2.24) is 0 Å². The molecule has 1 rings (SSSR count). The van der Waals surface area contributed by atoms with Gasteiger partial charge in [-0.15, -0.1) is 0 Å². The summed E-state index contributed by atoms with van der Waals surface area (Å²) < 4.78 is 36.0. The summed E-state index contributed by atoms with van der Waals surface area (Å²) in [5.74, 6) is 0. The Balaban J connectivity index is 3.02. The van der Waals surface area contributed by atoms with Crippen LogP contribution in [0, 0.1) is 0 Å². The van der Waals surface area contributed by atoms with E-state index in [2.05, 4.69) is 10.2 Å². The number of nitrogens with two attached hydrogens (primary N) is 1. The lowest BCUT2D eigenvalue weighted by Gasteiger charge is -2.22. The van der Waals surface area contributed by atoms with Crippen LogP contribution in [-0.2, 0) is 0 Å². The van der Waals surface area contributed by atoms with Gasteiger partial charge in [0.15, 0.2) is 0 Å². The van der Waals surface area contributed by atoms with Gasteiger partial charge in [-0.25, -0.2) is 0 Å². The van der Waals surface area contributed by atoms with Crippen molar-refractivity contribution in [2.75, 3.05) is 0 Å². The van der Waals surface area contributed by atoms with Crippen LogP contribution in [0.4, 0.5) is 13.2 Å². The summed E-state index contributed by atoms with van der Waals surface area (Å²) in [5.41, 5.74) is 1.97. The molecule has 1 aliphatic rings. The van der Waals surface area contributed by atoms with Crippen LogP contribution in [0.25, 0.3) is 0 Å². The van der Waals surface area contributed by atoms with E-state index in [9.17, 15) is 13.2 Å². The van der Waals surface area contributed by atoms with Crippen LogP contribution in [0.15, 0.2) is 21.5 Å². The molecule has 0 fully saturated rings. The largest absolute Gasteiger partial charge is 0.434 e. The molecular weight excluding hydrogens is 183 g/mol. The van der Waals surface area contributed by atoms with E-state index in [0.717, 1.165) is 6.20 Å². The third-order valence-corrected chi connectivity index (χ3v) is 1.57. The highest BCUT2D eigenvalue weighted by molar-refractivity contribution is 6.31. The molecule has 1 unspecified atom stereocenters. The van der Waals surface area contributed by atoms with E-state index in [1.807, 2.05) is 0 Å². The van der Waals surface area contributed by atoms with Crippen LogP contribution >= 0.6 is 11.6 Å². The van der Waals surface area contributed by atoms with Gasteiger partial charge in [0.2, 0.25) is 0 Å². The van der Waals surface area contributed by atoms with Gasteiger partial charge in [-0.3, -0.25) is 5.73 Å². The Morgan fingerprint density at radius 3 is 2.27 bits per heavy atom. The minimum Gasteiger partial charge on any atom is -0.293 e. The summed E-state index contributed by atoms with van der Waals surface area (Å²) >= 11 is 5.13. The normalized spacial score (nSPS) is 30.8. The lowest BCUT2D eigenvalue weighted by molar-refractivity contribution is -0.170. The molecule has 0 spiro atoms. The molecule has 7 heteroatoms. The number of alkyl halides is 3. The van der Waals surface area contributed by atoms with Crippen LogP contribution in [0.5, 0.6) is 0 Å². The van der Waals surface area contributed by atoms with Gasteiger partial charge in [0.25, 0.3) is 5.66 Å². The zero-order chi connectivity index (χ0) is 8.70. The molecule has 0 aliphatic carbocycles. The monoisotopic (exact) mass is 185 g/mol. The minimum atomic E-state index is -4.69. The predicted octanol–water partition coefficient (Wildman–Crippen LogP) is 1.75. The second-order valence-corrected chi connectivity index (χ2v) is 2.36. The summed E-state index contributed by atoms with van der Waals surface area (Å²) in [4.78, 5) is 0. The molecule has 0 saturated heterocycles. The van der Waals surface area contributed by atoms with Crippen LogP contribution in [0.1, 0.15) is 0 Å². The predicted molar refractivity (Wildman–Crippen MR) is 31.8 cm³/mol. The molecule has 0 aromatic heterocycles. The Morgan fingerprint density at radius 2 is 2.09 bits per heavy atom. The van der Waals surface area contributed by atoms with Gasteiger partial charge in [0, 0.05) is 0 Å². The van der Waals surface area contributed by atoms with Crippen molar-refractivity contribution in [2.24, 2.45) is 16.0 Å². The summed E-state index contributed by atoms with van der Waals surface area (Å²) in [6.45, 7) is 0. The Hall–Kier alpha value is -0.620. The van der Waals surface area contributed by atoms with Crippen molar-refractivity contribution in [3.05, 3.63) is 11.2 Å². The highest BCUT2D eigenvalue weighted by Gasteiger charge is 2.57. The average molecular weight is 186 g/mol. The quantitative estimate of drug-likeness (QED) is 0.614. The third-order valence-electron chi connectivity index (χ3n) is 1.18. The van der Waals surface area contributed by atoms with Gasteiger partial charge in [0.1, 0.15) is 0 Å². The Bertz CT molecular complexity index is 233. The van der Waals surface area contributed by atoms with Crippen molar-refractivity contribution in [1.29, 1.82) is 0 Å². The van der Waals surface area contributed by atoms with Crippen LogP contribution < -0.4 is 5.73 Å². The number of halogens is 4. The van der Waals surface area contributed by atoms with Crippen LogP contribution in [0.2, 0.25) is 0 Å². The molecule has 1 atom stereocenters. The number of hydrogen-bond donors (Lipinski definition) is 1. The molecule has 0 amide bonds. The van der Waals surface area contributed by atoms with E-state index in [1.165, 1.54) is 0 Å². The maximum absolute atomic E-state index is 12.0. The first kappa shape index (κ1) is 8.48. The number of rotatable bonds is 0. The first-order chi connectivity index (χ1) is 4.88. The topological polar surface area (TPSA) is 50.7 Å². The second kappa shape index (κ2) is 2.18. The summed E-state index contributed by atoms with van der Waals surface area (Å²) in [6.07, 6.45) is -3.92. The average Bonchev–Trinajstić information content (AvgIpc) is 2.12. The lowest BCUT2D eigenvalue weighted by atomic mass is 10.2. The van der Waals surface area contributed by atoms with Crippen molar-refractivity contribution in [3.63, 3.8) is 0 Å². The van der Waals surface area contributed by atoms with Gasteiger partial charge < -0.3 is 0 Å². The molecule has 2 N–H and O–H groups in total. The maximum atomic E-state index is 12.0. The van der Waals surface area contributed by atoms with E-state index < -0.39 is 16.9 Å². The Kier molecular flexibility index (Phi) is 1.68. The summed E-state index contributed by atoms with van der Waals surface area (Å²) in [6, 6.07) is 0. The maximum Gasteiger partial charge on any atom is 0.434 e. The van der Waals surface area contributed by atoms with Crippen molar-refractivity contribution >= 4 is 11.6 Å². The highest BCUT2D eigenvalue weighted by Crippen LogP contribution is 2.39. The molecule has 1 aliphatic heterocycles. The van der Waals surface area contributed by atoms with Crippen molar-refractivity contribution < 1.29 is 13.2 Å². The molecule has 0 aromatic rings. The fourth-order valence-electron chi connectivity index (χ4n) is 0.509.